The number of benzene rings is 3. The molecule has 0 radical (unpaired) electrons. The Morgan fingerprint density at radius 1 is 1.06 bits per heavy atom. The van der Waals surface area contributed by atoms with Crippen LogP contribution in [-0.4, -0.2) is 23.3 Å². The first-order chi connectivity index (χ1) is 15.9. The van der Waals surface area contributed by atoms with Crippen LogP contribution in [0.25, 0.3) is 6.08 Å². The molecule has 0 N–H and O–H groups in total. The van der Waals surface area contributed by atoms with Gasteiger partial charge in [-0.05, 0) is 72.7 Å². The van der Waals surface area contributed by atoms with Gasteiger partial charge in [0.25, 0.3) is 5.91 Å². The molecule has 1 amide bonds. The SMILES string of the molecule is COc1cc(C=C2SC(=S)N(c3cccc(C)c3)C2=O)ccc1OC(=O)c1ccc(Cl)cc1. The van der Waals surface area contributed by atoms with Gasteiger partial charge in [-0.2, -0.15) is 0 Å². The normalized spacial score (nSPS) is 14.6. The molecule has 166 valence electrons. The number of halogens is 1. The topological polar surface area (TPSA) is 55.8 Å². The summed E-state index contributed by atoms with van der Waals surface area (Å²) in [5.74, 6) is -0.0910. The number of aryl methyl sites for hydroxylation is 1. The van der Waals surface area contributed by atoms with Gasteiger partial charge in [0.2, 0.25) is 0 Å². The lowest BCUT2D eigenvalue weighted by Gasteiger charge is -2.14. The number of hydrogen-bond acceptors (Lipinski definition) is 6. The Kier molecular flexibility index (Phi) is 6.83. The summed E-state index contributed by atoms with van der Waals surface area (Å²) in [5, 5.41) is 0.529. The number of ether oxygens (including phenoxy) is 2. The van der Waals surface area contributed by atoms with Crippen LogP contribution in [0.15, 0.2) is 71.6 Å². The van der Waals surface area contributed by atoms with Crippen LogP contribution in [0, 0.1) is 6.92 Å². The Bertz CT molecular complexity index is 1290. The summed E-state index contributed by atoms with van der Waals surface area (Å²) in [7, 11) is 1.48. The minimum Gasteiger partial charge on any atom is -0.493 e. The van der Waals surface area contributed by atoms with E-state index >= 15 is 0 Å². The second kappa shape index (κ2) is 9.79. The van der Waals surface area contributed by atoms with Crippen molar-refractivity contribution in [3.05, 3.63) is 93.3 Å². The van der Waals surface area contributed by atoms with E-state index < -0.39 is 5.97 Å². The number of rotatable bonds is 5. The van der Waals surface area contributed by atoms with Crippen LogP contribution in [0.2, 0.25) is 5.02 Å². The molecule has 0 atom stereocenters. The van der Waals surface area contributed by atoms with E-state index in [1.165, 1.54) is 23.8 Å². The van der Waals surface area contributed by atoms with Crippen molar-refractivity contribution in [2.45, 2.75) is 6.92 Å². The highest BCUT2D eigenvalue weighted by atomic mass is 35.5. The minimum atomic E-state index is -0.531. The summed E-state index contributed by atoms with van der Waals surface area (Å²) in [6.45, 7) is 1.96. The molecule has 0 bridgehead atoms. The number of thiocarbonyl (C=S) groups is 1. The number of esters is 1. The maximum absolute atomic E-state index is 13.0. The quantitative estimate of drug-likeness (QED) is 0.180. The molecular weight excluding hydrogens is 478 g/mol. The zero-order chi connectivity index (χ0) is 23.5. The average molecular weight is 496 g/mol. The predicted molar refractivity (Wildman–Crippen MR) is 136 cm³/mol. The molecule has 3 aromatic rings. The summed E-state index contributed by atoms with van der Waals surface area (Å²) in [6.07, 6.45) is 1.74. The summed E-state index contributed by atoms with van der Waals surface area (Å²) in [4.78, 5) is 27.5. The third-order valence-electron chi connectivity index (χ3n) is 4.82. The largest absolute Gasteiger partial charge is 0.493 e. The Hall–Kier alpha value is -3.13. The van der Waals surface area contributed by atoms with Gasteiger partial charge in [-0.1, -0.05) is 53.8 Å². The smallest absolute Gasteiger partial charge is 0.343 e. The fourth-order valence-corrected chi connectivity index (χ4v) is 4.64. The van der Waals surface area contributed by atoms with Crippen molar-refractivity contribution in [1.29, 1.82) is 0 Å². The van der Waals surface area contributed by atoms with Crippen molar-refractivity contribution in [2.75, 3.05) is 12.0 Å². The van der Waals surface area contributed by atoms with Gasteiger partial charge >= 0.3 is 5.97 Å². The molecule has 0 aliphatic carbocycles. The molecule has 1 heterocycles. The lowest BCUT2D eigenvalue weighted by Crippen LogP contribution is -2.27. The van der Waals surface area contributed by atoms with E-state index in [0.29, 0.717) is 31.1 Å². The van der Waals surface area contributed by atoms with Crippen molar-refractivity contribution in [3.63, 3.8) is 0 Å². The highest BCUT2D eigenvalue weighted by Gasteiger charge is 2.33. The summed E-state index contributed by atoms with van der Waals surface area (Å²) < 4.78 is 11.4. The van der Waals surface area contributed by atoms with Crippen LogP contribution < -0.4 is 14.4 Å². The van der Waals surface area contributed by atoms with E-state index in [4.69, 9.17) is 33.3 Å². The Labute approximate surface area is 205 Å². The van der Waals surface area contributed by atoms with Crippen molar-refractivity contribution < 1.29 is 19.1 Å². The van der Waals surface area contributed by atoms with Crippen LogP contribution >= 0.6 is 35.6 Å². The number of thioether (sulfide) groups is 1. The van der Waals surface area contributed by atoms with Gasteiger partial charge < -0.3 is 9.47 Å². The average Bonchev–Trinajstić information content (AvgIpc) is 3.07. The summed E-state index contributed by atoms with van der Waals surface area (Å²) in [5.41, 5.74) is 2.86. The van der Waals surface area contributed by atoms with Crippen LogP contribution in [0.5, 0.6) is 11.5 Å². The molecule has 33 heavy (non-hydrogen) atoms. The maximum atomic E-state index is 13.0. The molecule has 1 saturated heterocycles. The third kappa shape index (κ3) is 5.11. The van der Waals surface area contributed by atoms with Crippen LogP contribution in [0.3, 0.4) is 0 Å². The van der Waals surface area contributed by atoms with Crippen LogP contribution in [0.1, 0.15) is 21.5 Å². The fourth-order valence-electron chi connectivity index (χ4n) is 3.21. The first-order valence-electron chi connectivity index (χ1n) is 9.86. The zero-order valence-corrected chi connectivity index (χ0v) is 20.1. The van der Waals surface area contributed by atoms with E-state index in [1.54, 1.807) is 48.5 Å². The number of carbonyl (C=O) groups is 2. The molecule has 1 aliphatic heterocycles. The van der Waals surface area contributed by atoms with Gasteiger partial charge in [0.15, 0.2) is 15.8 Å². The zero-order valence-electron chi connectivity index (χ0n) is 17.7. The molecule has 0 saturated carbocycles. The maximum Gasteiger partial charge on any atom is 0.343 e. The molecule has 4 rings (SSSR count). The highest BCUT2D eigenvalue weighted by Crippen LogP contribution is 2.37. The minimum absolute atomic E-state index is 0.187. The first-order valence-corrected chi connectivity index (χ1v) is 11.5. The van der Waals surface area contributed by atoms with Gasteiger partial charge in [-0.25, -0.2) is 4.79 Å². The van der Waals surface area contributed by atoms with E-state index in [1.807, 2.05) is 31.2 Å². The van der Waals surface area contributed by atoms with Gasteiger partial charge in [0.05, 0.1) is 23.3 Å². The number of carbonyl (C=O) groups excluding carboxylic acids is 2. The second-order valence-electron chi connectivity index (χ2n) is 7.16. The van der Waals surface area contributed by atoms with Crippen molar-refractivity contribution in [2.24, 2.45) is 0 Å². The monoisotopic (exact) mass is 495 g/mol. The standard InChI is InChI=1S/C25H18ClNO4S2/c1-15-4-3-5-19(12-15)27-23(28)22(33-25(27)32)14-16-6-11-20(21(13-16)30-2)31-24(29)17-7-9-18(26)10-8-17/h3-14H,1-2H3. The number of methoxy groups -OCH3 is 1. The molecule has 8 heteroatoms. The molecule has 0 aromatic heterocycles. The number of hydrogen-bond donors (Lipinski definition) is 0. The predicted octanol–water partition coefficient (Wildman–Crippen LogP) is 6.28. The first kappa shape index (κ1) is 23.0. The second-order valence-corrected chi connectivity index (χ2v) is 9.28. The third-order valence-corrected chi connectivity index (χ3v) is 6.38. The van der Waals surface area contributed by atoms with E-state index in [-0.39, 0.29) is 11.7 Å². The molecule has 5 nitrogen and oxygen atoms in total. The molecule has 0 unspecified atom stereocenters. The van der Waals surface area contributed by atoms with E-state index in [9.17, 15) is 9.59 Å². The van der Waals surface area contributed by atoms with E-state index in [0.717, 1.165) is 11.3 Å². The molecular formula is C25H18ClNO4S2. The van der Waals surface area contributed by atoms with Gasteiger partial charge in [0.1, 0.15) is 0 Å². The molecule has 3 aromatic carbocycles. The Balaban J connectivity index is 1.56. The molecule has 0 spiro atoms. The molecule has 1 fully saturated rings. The highest BCUT2D eigenvalue weighted by molar-refractivity contribution is 8.27. The van der Waals surface area contributed by atoms with Gasteiger partial charge in [-0.3, -0.25) is 9.69 Å². The Morgan fingerprint density at radius 3 is 2.52 bits per heavy atom. The lowest BCUT2D eigenvalue weighted by atomic mass is 10.1. The van der Waals surface area contributed by atoms with Gasteiger partial charge in [0, 0.05) is 5.02 Å². The number of amides is 1. The van der Waals surface area contributed by atoms with Crippen molar-refractivity contribution in [3.8, 4) is 11.5 Å². The number of nitrogens with zero attached hydrogens (tertiary/aromatic N) is 1. The summed E-state index contributed by atoms with van der Waals surface area (Å²) in [6, 6.07) is 19.1. The van der Waals surface area contributed by atoms with Crippen molar-refractivity contribution in [1.82, 2.24) is 0 Å². The van der Waals surface area contributed by atoms with E-state index in [2.05, 4.69) is 0 Å². The molecule has 1 aliphatic rings. The van der Waals surface area contributed by atoms with Gasteiger partial charge in [-0.15, -0.1) is 0 Å². The fraction of sp³-hybridized carbons (Fsp3) is 0.0800. The number of anilines is 1. The van der Waals surface area contributed by atoms with Crippen molar-refractivity contribution >= 4 is 63.5 Å². The van der Waals surface area contributed by atoms with Crippen LogP contribution in [0.4, 0.5) is 5.69 Å². The van der Waals surface area contributed by atoms with Crippen LogP contribution in [-0.2, 0) is 4.79 Å². The lowest BCUT2D eigenvalue weighted by molar-refractivity contribution is -0.113. The summed E-state index contributed by atoms with van der Waals surface area (Å²) >= 11 is 12.5. The Morgan fingerprint density at radius 2 is 1.82 bits per heavy atom.